The van der Waals surface area contributed by atoms with Crippen molar-refractivity contribution in [3.05, 3.63) is 6.33 Å². The van der Waals surface area contributed by atoms with Crippen LogP contribution in [0.25, 0.3) is 0 Å². The lowest BCUT2D eigenvalue weighted by atomic mass is 10.3. The lowest BCUT2D eigenvalue weighted by Gasteiger charge is -2.12. The van der Waals surface area contributed by atoms with E-state index in [1.54, 1.807) is 7.11 Å². The summed E-state index contributed by atoms with van der Waals surface area (Å²) in [5.41, 5.74) is 5.31. The van der Waals surface area contributed by atoms with Gasteiger partial charge in [0.1, 0.15) is 19.0 Å². The maximum absolute atomic E-state index is 11.4. The molecule has 90 valence electrons. The van der Waals surface area contributed by atoms with E-state index in [0.29, 0.717) is 13.0 Å². The fourth-order valence-electron chi connectivity index (χ4n) is 1.12. The third-order valence-electron chi connectivity index (χ3n) is 1.91. The second kappa shape index (κ2) is 6.06. The standard InChI is InChI=1S/C9H16N4O3/c1-7(3-4-15-2)16-8(14)5-13-6-11-9(10)12-13/h6-7H,3-5H2,1-2H3,(H2,10,12). The Morgan fingerprint density at radius 2 is 2.44 bits per heavy atom. The molecule has 1 heterocycles. The minimum Gasteiger partial charge on any atom is -0.461 e. The molecule has 7 heteroatoms. The molecule has 0 aliphatic carbocycles. The van der Waals surface area contributed by atoms with Crippen LogP contribution in [0.5, 0.6) is 0 Å². The lowest BCUT2D eigenvalue weighted by molar-refractivity contribution is -0.149. The molecular formula is C9H16N4O3. The van der Waals surface area contributed by atoms with E-state index in [4.69, 9.17) is 15.2 Å². The SMILES string of the molecule is COCCC(C)OC(=O)Cn1cnc(N)n1. The number of ether oxygens (including phenoxy) is 2. The minimum absolute atomic E-state index is 0.0154. The molecule has 0 radical (unpaired) electrons. The van der Waals surface area contributed by atoms with Crippen molar-refractivity contribution in [2.75, 3.05) is 19.5 Å². The summed E-state index contributed by atoms with van der Waals surface area (Å²) in [6, 6.07) is 0. The summed E-state index contributed by atoms with van der Waals surface area (Å²) in [5, 5.41) is 3.78. The highest BCUT2D eigenvalue weighted by molar-refractivity contribution is 5.69. The molecule has 0 aromatic carbocycles. The average Bonchev–Trinajstić information content (AvgIpc) is 2.60. The molecule has 1 unspecified atom stereocenters. The highest BCUT2D eigenvalue weighted by atomic mass is 16.5. The van der Waals surface area contributed by atoms with Crippen LogP contribution < -0.4 is 5.73 Å². The molecule has 0 saturated heterocycles. The zero-order valence-corrected chi connectivity index (χ0v) is 9.42. The summed E-state index contributed by atoms with van der Waals surface area (Å²) in [5.74, 6) is -0.228. The minimum atomic E-state index is -0.367. The van der Waals surface area contributed by atoms with Gasteiger partial charge in [0.2, 0.25) is 5.95 Å². The normalized spacial score (nSPS) is 12.4. The topological polar surface area (TPSA) is 92.3 Å². The molecule has 1 atom stereocenters. The van der Waals surface area contributed by atoms with Gasteiger partial charge >= 0.3 is 5.97 Å². The number of carbonyl (C=O) groups excluding carboxylic acids is 1. The number of methoxy groups -OCH3 is 1. The lowest BCUT2D eigenvalue weighted by Crippen LogP contribution is -2.21. The van der Waals surface area contributed by atoms with Crippen LogP contribution >= 0.6 is 0 Å². The van der Waals surface area contributed by atoms with Crippen LogP contribution in [0.3, 0.4) is 0 Å². The molecule has 0 aliphatic rings. The van der Waals surface area contributed by atoms with Crippen LogP contribution in [0.15, 0.2) is 6.33 Å². The Morgan fingerprint density at radius 1 is 1.69 bits per heavy atom. The molecule has 2 N–H and O–H groups in total. The number of hydrogen-bond acceptors (Lipinski definition) is 6. The first kappa shape index (κ1) is 12.4. The van der Waals surface area contributed by atoms with E-state index in [1.165, 1.54) is 11.0 Å². The highest BCUT2D eigenvalue weighted by Crippen LogP contribution is 1.99. The van der Waals surface area contributed by atoms with Crippen molar-refractivity contribution in [3.8, 4) is 0 Å². The van der Waals surface area contributed by atoms with Gasteiger partial charge in [-0.05, 0) is 6.92 Å². The summed E-state index contributed by atoms with van der Waals surface area (Å²) in [4.78, 5) is 15.1. The maximum Gasteiger partial charge on any atom is 0.328 e. The molecule has 0 amide bonds. The molecule has 16 heavy (non-hydrogen) atoms. The summed E-state index contributed by atoms with van der Waals surface area (Å²) in [7, 11) is 1.60. The van der Waals surface area contributed by atoms with Gasteiger partial charge in [0.25, 0.3) is 0 Å². The Morgan fingerprint density at radius 3 is 3.00 bits per heavy atom. The number of nitrogens with zero attached hydrogens (tertiary/aromatic N) is 3. The summed E-state index contributed by atoms with van der Waals surface area (Å²) < 4.78 is 11.3. The van der Waals surface area contributed by atoms with Crippen LogP contribution in [0.4, 0.5) is 5.95 Å². The molecule has 1 rings (SSSR count). The number of aromatic nitrogens is 3. The fourth-order valence-corrected chi connectivity index (χ4v) is 1.12. The summed E-state index contributed by atoms with van der Waals surface area (Å²) >= 11 is 0. The molecule has 1 aromatic rings. The van der Waals surface area contributed by atoms with E-state index in [0.717, 1.165) is 0 Å². The van der Waals surface area contributed by atoms with Gasteiger partial charge in [-0.1, -0.05) is 0 Å². The zero-order chi connectivity index (χ0) is 12.0. The number of nitrogens with two attached hydrogens (primary N) is 1. The van der Waals surface area contributed by atoms with Crippen molar-refractivity contribution in [3.63, 3.8) is 0 Å². The molecule has 0 saturated carbocycles. The predicted octanol–water partition coefficient (Wildman–Crippen LogP) is -0.171. The number of esters is 1. The van der Waals surface area contributed by atoms with Gasteiger partial charge in [0.05, 0.1) is 0 Å². The Labute approximate surface area is 93.5 Å². The van der Waals surface area contributed by atoms with Gasteiger partial charge in [-0.25, -0.2) is 9.67 Å². The Bertz CT molecular complexity index is 339. The van der Waals surface area contributed by atoms with E-state index >= 15 is 0 Å². The second-order valence-corrected chi connectivity index (χ2v) is 3.38. The van der Waals surface area contributed by atoms with Gasteiger partial charge in [-0.2, -0.15) is 0 Å². The Kier molecular flexibility index (Phi) is 4.71. The monoisotopic (exact) mass is 228 g/mol. The molecule has 7 nitrogen and oxygen atoms in total. The molecule has 0 spiro atoms. The number of rotatable bonds is 6. The van der Waals surface area contributed by atoms with E-state index in [-0.39, 0.29) is 24.6 Å². The van der Waals surface area contributed by atoms with Crippen LogP contribution in [0, 0.1) is 0 Å². The van der Waals surface area contributed by atoms with Crippen LogP contribution in [0.1, 0.15) is 13.3 Å². The molecule has 0 bridgehead atoms. The predicted molar refractivity (Wildman–Crippen MR) is 56.5 cm³/mol. The maximum atomic E-state index is 11.4. The van der Waals surface area contributed by atoms with Crippen LogP contribution in [-0.4, -0.2) is 40.6 Å². The van der Waals surface area contributed by atoms with E-state index in [9.17, 15) is 4.79 Å². The average molecular weight is 228 g/mol. The number of carbonyl (C=O) groups is 1. The van der Waals surface area contributed by atoms with Crippen molar-refractivity contribution < 1.29 is 14.3 Å². The van der Waals surface area contributed by atoms with E-state index in [1.807, 2.05) is 6.92 Å². The van der Waals surface area contributed by atoms with E-state index < -0.39 is 0 Å². The van der Waals surface area contributed by atoms with Gasteiger partial charge in [-0.15, -0.1) is 5.10 Å². The first-order valence-corrected chi connectivity index (χ1v) is 4.95. The van der Waals surface area contributed by atoms with E-state index in [2.05, 4.69) is 10.1 Å². The third kappa shape index (κ3) is 4.26. The van der Waals surface area contributed by atoms with Crippen molar-refractivity contribution in [2.24, 2.45) is 0 Å². The van der Waals surface area contributed by atoms with Crippen LogP contribution in [-0.2, 0) is 20.8 Å². The largest absolute Gasteiger partial charge is 0.461 e. The highest BCUT2D eigenvalue weighted by Gasteiger charge is 2.10. The van der Waals surface area contributed by atoms with Crippen molar-refractivity contribution in [2.45, 2.75) is 26.0 Å². The van der Waals surface area contributed by atoms with Gasteiger partial charge in [0.15, 0.2) is 0 Å². The fraction of sp³-hybridized carbons (Fsp3) is 0.667. The van der Waals surface area contributed by atoms with Gasteiger partial charge in [-0.3, -0.25) is 4.79 Å². The molecular weight excluding hydrogens is 212 g/mol. The molecule has 0 fully saturated rings. The van der Waals surface area contributed by atoms with Crippen molar-refractivity contribution in [1.29, 1.82) is 0 Å². The zero-order valence-electron chi connectivity index (χ0n) is 9.42. The first-order chi connectivity index (χ1) is 7.61. The van der Waals surface area contributed by atoms with Crippen molar-refractivity contribution in [1.82, 2.24) is 14.8 Å². The Balaban J connectivity index is 2.30. The quantitative estimate of drug-likeness (QED) is 0.679. The van der Waals surface area contributed by atoms with Crippen LogP contribution in [0.2, 0.25) is 0 Å². The van der Waals surface area contributed by atoms with Gasteiger partial charge in [0, 0.05) is 20.1 Å². The van der Waals surface area contributed by atoms with Crippen molar-refractivity contribution >= 4 is 11.9 Å². The summed E-state index contributed by atoms with van der Waals surface area (Å²) in [6.07, 6.45) is 1.88. The Hall–Kier alpha value is -1.63. The number of anilines is 1. The number of hydrogen-bond donors (Lipinski definition) is 1. The van der Waals surface area contributed by atoms with Gasteiger partial charge < -0.3 is 15.2 Å². The second-order valence-electron chi connectivity index (χ2n) is 3.38. The smallest absolute Gasteiger partial charge is 0.328 e. The molecule has 1 aromatic heterocycles. The first-order valence-electron chi connectivity index (χ1n) is 4.95. The molecule has 0 aliphatic heterocycles. The summed E-state index contributed by atoms with van der Waals surface area (Å²) in [6.45, 7) is 2.39. The third-order valence-corrected chi connectivity index (χ3v) is 1.91. The number of nitrogen functional groups attached to an aromatic ring is 1.